The molecule has 1 aliphatic heterocycles. The molecule has 0 aliphatic carbocycles. The van der Waals surface area contributed by atoms with Crippen LogP contribution in [0.3, 0.4) is 0 Å². The molecule has 0 aromatic carbocycles. The summed E-state index contributed by atoms with van der Waals surface area (Å²) in [6.45, 7) is 12.8. The fourth-order valence-corrected chi connectivity index (χ4v) is 2.46. The van der Waals surface area contributed by atoms with Crippen molar-refractivity contribution in [3.63, 3.8) is 0 Å². The second-order valence-electron chi connectivity index (χ2n) is 6.40. The molecule has 1 aliphatic rings. The lowest BCUT2D eigenvalue weighted by molar-refractivity contribution is 0.544. The number of hydrogen-bond donors (Lipinski definition) is 1. The van der Waals surface area contributed by atoms with Gasteiger partial charge in [-0.2, -0.15) is 0 Å². The van der Waals surface area contributed by atoms with Gasteiger partial charge in [0.15, 0.2) is 0 Å². The quantitative estimate of drug-likeness (QED) is 0.908. The van der Waals surface area contributed by atoms with Crippen molar-refractivity contribution >= 4 is 11.6 Å². The lowest BCUT2D eigenvalue weighted by Crippen LogP contribution is -2.29. The maximum absolute atomic E-state index is 4.79. The molecule has 19 heavy (non-hydrogen) atoms. The Kier molecular flexibility index (Phi) is 3.97. The Morgan fingerprint density at radius 1 is 1.37 bits per heavy atom. The monoisotopic (exact) mass is 262 g/mol. The molecule has 106 valence electrons. The Morgan fingerprint density at radius 2 is 2.11 bits per heavy atom. The zero-order chi connectivity index (χ0) is 14.0. The van der Waals surface area contributed by atoms with Crippen molar-refractivity contribution in [2.24, 2.45) is 0 Å². The zero-order valence-corrected chi connectivity index (χ0v) is 12.8. The van der Waals surface area contributed by atoms with Gasteiger partial charge in [0.25, 0.3) is 0 Å². The first kappa shape index (κ1) is 14.1. The molecule has 1 aromatic rings. The summed E-state index contributed by atoms with van der Waals surface area (Å²) in [5.41, 5.74) is -0.0247. The van der Waals surface area contributed by atoms with Crippen LogP contribution in [0.4, 0.5) is 11.6 Å². The van der Waals surface area contributed by atoms with Gasteiger partial charge in [0.05, 0.1) is 0 Å². The minimum Gasteiger partial charge on any atom is -0.370 e. The smallest absolute Gasteiger partial charge is 0.138 e. The van der Waals surface area contributed by atoms with E-state index in [2.05, 4.69) is 55.9 Å². The van der Waals surface area contributed by atoms with Crippen LogP contribution in [0.1, 0.15) is 53.3 Å². The summed E-state index contributed by atoms with van der Waals surface area (Å²) in [4.78, 5) is 11.8. The van der Waals surface area contributed by atoms with Gasteiger partial charge < -0.3 is 10.2 Å². The van der Waals surface area contributed by atoms with E-state index in [0.717, 1.165) is 30.5 Å². The molecule has 1 aromatic heterocycles. The Hall–Kier alpha value is -1.32. The lowest BCUT2D eigenvalue weighted by atomic mass is 9.96. The van der Waals surface area contributed by atoms with Gasteiger partial charge >= 0.3 is 0 Å². The van der Waals surface area contributed by atoms with Crippen LogP contribution in [-0.2, 0) is 5.41 Å². The van der Waals surface area contributed by atoms with Crippen LogP contribution in [0.15, 0.2) is 6.07 Å². The fraction of sp³-hybridized carbons (Fsp3) is 0.733. The van der Waals surface area contributed by atoms with Gasteiger partial charge in [0, 0.05) is 30.6 Å². The molecule has 2 heterocycles. The van der Waals surface area contributed by atoms with Crippen LogP contribution in [0, 0.1) is 0 Å². The Balaban J connectivity index is 2.39. The number of aromatic nitrogens is 2. The molecular formula is C15H26N4. The molecule has 0 radical (unpaired) electrons. The summed E-state index contributed by atoms with van der Waals surface area (Å²) in [6.07, 6.45) is 2.51. The minimum atomic E-state index is -0.0247. The van der Waals surface area contributed by atoms with E-state index in [1.807, 2.05) is 0 Å². The molecule has 4 nitrogen and oxygen atoms in total. The SMILES string of the molecule is CCNc1cc(N2CCCC2C)nc(C(C)(C)C)n1. The van der Waals surface area contributed by atoms with Gasteiger partial charge in [0.2, 0.25) is 0 Å². The molecule has 1 saturated heterocycles. The largest absolute Gasteiger partial charge is 0.370 e. The summed E-state index contributed by atoms with van der Waals surface area (Å²) in [7, 11) is 0. The van der Waals surface area contributed by atoms with E-state index in [1.165, 1.54) is 12.8 Å². The number of nitrogens with zero attached hydrogens (tertiary/aromatic N) is 3. The Morgan fingerprint density at radius 3 is 2.63 bits per heavy atom. The van der Waals surface area contributed by atoms with Gasteiger partial charge in [-0.25, -0.2) is 9.97 Å². The predicted molar refractivity (Wildman–Crippen MR) is 80.9 cm³/mol. The standard InChI is InChI=1S/C15H26N4/c1-6-16-12-10-13(19-9-7-8-11(19)2)18-14(17-12)15(3,4)5/h10-11H,6-9H2,1-5H3,(H,16,17,18). The first-order chi connectivity index (χ1) is 8.91. The van der Waals surface area contributed by atoms with Gasteiger partial charge in [-0.15, -0.1) is 0 Å². The van der Waals surface area contributed by atoms with Crippen molar-refractivity contribution in [3.8, 4) is 0 Å². The normalized spacial score (nSPS) is 19.8. The molecule has 1 fully saturated rings. The number of rotatable bonds is 3. The lowest BCUT2D eigenvalue weighted by Gasteiger charge is -2.26. The Labute approximate surface area is 116 Å². The highest BCUT2D eigenvalue weighted by Gasteiger charge is 2.25. The highest BCUT2D eigenvalue weighted by Crippen LogP contribution is 2.28. The molecule has 1 atom stereocenters. The van der Waals surface area contributed by atoms with Crippen LogP contribution in [0.2, 0.25) is 0 Å². The molecule has 1 unspecified atom stereocenters. The summed E-state index contributed by atoms with van der Waals surface area (Å²) in [5.74, 6) is 2.93. The molecule has 0 saturated carbocycles. The number of anilines is 2. The molecule has 0 spiro atoms. The van der Waals surface area contributed by atoms with Gasteiger partial charge in [-0.05, 0) is 26.7 Å². The van der Waals surface area contributed by atoms with E-state index in [0.29, 0.717) is 6.04 Å². The highest BCUT2D eigenvalue weighted by atomic mass is 15.2. The van der Waals surface area contributed by atoms with Gasteiger partial charge in [0.1, 0.15) is 17.5 Å². The van der Waals surface area contributed by atoms with Crippen molar-refractivity contribution < 1.29 is 0 Å². The van der Waals surface area contributed by atoms with Gasteiger partial charge in [-0.3, -0.25) is 0 Å². The van der Waals surface area contributed by atoms with Crippen LogP contribution in [-0.4, -0.2) is 29.1 Å². The topological polar surface area (TPSA) is 41.0 Å². The van der Waals surface area contributed by atoms with E-state index in [-0.39, 0.29) is 5.41 Å². The predicted octanol–water partition coefficient (Wildman–Crippen LogP) is 3.19. The second-order valence-corrected chi connectivity index (χ2v) is 6.40. The number of nitrogens with one attached hydrogen (secondary N) is 1. The summed E-state index contributed by atoms with van der Waals surface area (Å²) in [5, 5.41) is 3.32. The zero-order valence-electron chi connectivity index (χ0n) is 12.8. The molecular weight excluding hydrogens is 236 g/mol. The van der Waals surface area contributed by atoms with Crippen LogP contribution in [0.5, 0.6) is 0 Å². The molecule has 0 bridgehead atoms. The van der Waals surface area contributed by atoms with Crippen molar-refractivity contribution in [3.05, 3.63) is 11.9 Å². The van der Waals surface area contributed by atoms with Crippen LogP contribution < -0.4 is 10.2 Å². The molecule has 1 N–H and O–H groups in total. The van der Waals surface area contributed by atoms with Crippen molar-refractivity contribution in [1.29, 1.82) is 0 Å². The van der Waals surface area contributed by atoms with E-state index < -0.39 is 0 Å². The second kappa shape index (κ2) is 5.35. The van der Waals surface area contributed by atoms with E-state index in [4.69, 9.17) is 4.98 Å². The first-order valence-corrected chi connectivity index (χ1v) is 7.32. The number of hydrogen-bond acceptors (Lipinski definition) is 4. The third-order valence-corrected chi connectivity index (χ3v) is 3.59. The van der Waals surface area contributed by atoms with Crippen LogP contribution >= 0.6 is 0 Å². The first-order valence-electron chi connectivity index (χ1n) is 7.32. The summed E-state index contributed by atoms with van der Waals surface area (Å²) >= 11 is 0. The van der Waals surface area contributed by atoms with E-state index in [1.54, 1.807) is 0 Å². The minimum absolute atomic E-state index is 0.0247. The van der Waals surface area contributed by atoms with Crippen molar-refractivity contribution in [1.82, 2.24) is 9.97 Å². The summed E-state index contributed by atoms with van der Waals surface area (Å²) in [6, 6.07) is 2.66. The molecule has 4 heteroatoms. The average Bonchev–Trinajstić information content (AvgIpc) is 2.74. The highest BCUT2D eigenvalue weighted by molar-refractivity contribution is 5.51. The third-order valence-electron chi connectivity index (χ3n) is 3.59. The third kappa shape index (κ3) is 3.17. The maximum atomic E-state index is 4.79. The summed E-state index contributed by atoms with van der Waals surface area (Å²) < 4.78 is 0. The molecule has 0 amide bonds. The van der Waals surface area contributed by atoms with E-state index in [9.17, 15) is 0 Å². The van der Waals surface area contributed by atoms with Gasteiger partial charge in [-0.1, -0.05) is 20.8 Å². The molecule has 2 rings (SSSR count). The fourth-order valence-electron chi connectivity index (χ4n) is 2.46. The van der Waals surface area contributed by atoms with Crippen molar-refractivity contribution in [2.75, 3.05) is 23.3 Å². The van der Waals surface area contributed by atoms with Crippen LogP contribution in [0.25, 0.3) is 0 Å². The van der Waals surface area contributed by atoms with Crippen molar-refractivity contribution in [2.45, 2.75) is 58.9 Å². The Bertz CT molecular complexity index is 436. The maximum Gasteiger partial charge on any atom is 0.138 e. The average molecular weight is 262 g/mol. The van der Waals surface area contributed by atoms with E-state index >= 15 is 0 Å².